The Labute approximate surface area is 112 Å². The van der Waals surface area contributed by atoms with Gasteiger partial charge < -0.3 is 9.80 Å². The van der Waals surface area contributed by atoms with Crippen molar-refractivity contribution in [2.45, 2.75) is 38.6 Å². The van der Waals surface area contributed by atoms with Crippen molar-refractivity contribution < 1.29 is 0 Å². The first kappa shape index (κ1) is 13.4. The fraction of sp³-hybridized carbons (Fsp3) is 0.625. The van der Waals surface area contributed by atoms with Crippen LogP contribution in [0.15, 0.2) is 24.3 Å². The molecule has 2 nitrogen and oxygen atoms in total. The summed E-state index contributed by atoms with van der Waals surface area (Å²) in [5, 5.41) is 0. The number of benzene rings is 1. The minimum atomic E-state index is 0.558. The Bertz CT molecular complexity index is 350. The summed E-state index contributed by atoms with van der Waals surface area (Å²) >= 11 is 0. The van der Waals surface area contributed by atoms with Gasteiger partial charge in [0.1, 0.15) is 0 Å². The lowest BCUT2D eigenvalue weighted by Crippen LogP contribution is -2.20. The predicted octanol–water partition coefficient (Wildman–Crippen LogP) is 3.69. The van der Waals surface area contributed by atoms with Gasteiger partial charge in [0, 0.05) is 24.8 Å². The summed E-state index contributed by atoms with van der Waals surface area (Å²) in [4.78, 5) is 4.82. The second-order valence-corrected chi connectivity index (χ2v) is 5.55. The molecule has 100 valence electrons. The summed E-state index contributed by atoms with van der Waals surface area (Å²) in [5.41, 5.74) is 2.84. The minimum Gasteiger partial charge on any atom is -0.372 e. The molecule has 0 aromatic heterocycles. The van der Waals surface area contributed by atoms with Gasteiger partial charge in [-0.2, -0.15) is 0 Å². The van der Waals surface area contributed by atoms with Crippen LogP contribution in [0.3, 0.4) is 0 Å². The summed E-state index contributed by atoms with van der Waals surface area (Å²) in [6, 6.07) is 9.78. The average molecular weight is 246 g/mol. The standard InChI is InChI=1S/C16H26N2/c1-4-7-16(17(2)3)14-8-10-15(11-9-14)18-12-5-6-13-18/h8-11,16H,4-7,12-13H2,1-3H3. The zero-order chi connectivity index (χ0) is 13.0. The second-order valence-electron chi connectivity index (χ2n) is 5.55. The highest BCUT2D eigenvalue weighted by Gasteiger charge is 2.15. The number of rotatable bonds is 5. The van der Waals surface area contributed by atoms with Crippen LogP contribution in [-0.2, 0) is 0 Å². The van der Waals surface area contributed by atoms with E-state index in [1.807, 2.05) is 0 Å². The van der Waals surface area contributed by atoms with Crippen molar-refractivity contribution in [3.8, 4) is 0 Å². The molecule has 0 saturated carbocycles. The summed E-state index contributed by atoms with van der Waals surface area (Å²) < 4.78 is 0. The van der Waals surface area contributed by atoms with Crippen LogP contribution >= 0.6 is 0 Å². The fourth-order valence-corrected chi connectivity index (χ4v) is 2.88. The topological polar surface area (TPSA) is 6.48 Å². The number of nitrogens with zero attached hydrogens (tertiary/aromatic N) is 2. The Morgan fingerprint density at radius 3 is 2.22 bits per heavy atom. The van der Waals surface area contributed by atoms with Gasteiger partial charge in [-0.1, -0.05) is 25.5 Å². The smallest absolute Gasteiger partial charge is 0.0366 e. The first-order valence-corrected chi connectivity index (χ1v) is 7.23. The Hall–Kier alpha value is -1.02. The van der Waals surface area contributed by atoms with Gasteiger partial charge in [0.15, 0.2) is 0 Å². The third-order valence-corrected chi connectivity index (χ3v) is 3.93. The molecule has 1 aromatic carbocycles. The number of hydrogen-bond donors (Lipinski definition) is 0. The molecule has 2 rings (SSSR count). The van der Waals surface area contributed by atoms with Crippen LogP contribution in [0.4, 0.5) is 5.69 Å². The highest BCUT2D eigenvalue weighted by Crippen LogP contribution is 2.27. The van der Waals surface area contributed by atoms with Gasteiger partial charge in [-0.3, -0.25) is 0 Å². The maximum absolute atomic E-state index is 2.49. The van der Waals surface area contributed by atoms with E-state index >= 15 is 0 Å². The Kier molecular flexibility index (Phi) is 4.65. The van der Waals surface area contributed by atoms with E-state index in [2.05, 4.69) is 55.1 Å². The molecule has 1 fully saturated rings. The van der Waals surface area contributed by atoms with Crippen LogP contribution in [-0.4, -0.2) is 32.1 Å². The quantitative estimate of drug-likeness (QED) is 0.782. The molecule has 1 aromatic rings. The molecule has 0 amide bonds. The molecule has 0 radical (unpaired) electrons. The lowest BCUT2D eigenvalue weighted by Gasteiger charge is -2.25. The number of anilines is 1. The van der Waals surface area contributed by atoms with Crippen molar-refractivity contribution in [2.24, 2.45) is 0 Å². The summed E-state index contributed by atoms with van der Waals surface area (Å²) in [6.07, 6.45) is 5.16. The molecule has 18 heavy (non-hydrogen) atoms. The largest absolute Gasteiger partial charge is 0.372 e. The van der Waals surface area contributed by atoms with Gasteiger partial charge in [-0.15, -0.1) is 0 Å². The van der Waals surface area contributed by atoms with Crippen LogP contribution in [0, 0.1) is 0 Å². The summed E-state index contributed by atoms with van der Waals surface area (Å²) in [6.45, 7) is 4.71. The lowest BCUT2D eigenvalue weighted by molar-refractivity contribution is 0.282. The fourth-order valence-electron chi connectivity index (χ4n) is 2.88. The van der Waals surface area contributed by atoms with Crippen molar-refractivity contribution in [2.75, 3.05) is 32.1 Å². The maximum atomic E-state index is 2.49. The minimum absolute atomic E-state index is 0.558. The van der Waals surface area contributed by atoms with E-state index in [0.29, 0.717) is 6.04 Å². The van der Waals surface area contributed by atoms with Gasteiger partial charge in [-0.25, -0.2) is 0 Å². The zero-order valence-corrected chi connectivity index (χ0v) is 12.0. The van der Waals surface area contributed by atoms with Crippen molar-refractivity contribution in [3.63, 3.8) is 0 Å². The Morgan fingerprint density at radius 2 is 1.72 bits per heavy atom. The molecule has 0 bridgehead atoms. The second kappa shape index (κ2) is 6.24. The summed E-state index contributed by atoms with van der Waals surface area (Å²) in [5.74, 6) is 0. The van der Waals surface area contributed by atoms with Crippen LogP contribution in [0.25, 0.3) is 0 Å². The van der Waals surface area contributed by atoms with Gasteiger partial charge in [0.25, 0.3) is 0 Å². The molecule has 2 heteroatoms. The van der Waals surface area contributed by atoms with Crippen molar-refractivity contribution >= 4 is 5.69 Å². The van der Waals surface area contributed by atoms with E-state index in [4.69, 9.17) is 0 Å². The molecule has 0 spiro atoms. The van der Waals surface area contributed by atoms with E-state index < -0.39 is 0 Å². The van der Waals surface area contributed by atoms with E-state index in [0.717, 1.165) is 0 Å². The molecule has 1 aliphatic rings. The van der Waals surface area contributed by atoms with E-state index in [1.165, 1.54) is 50.0 Å². The highest BCUT2D eigenvalue weighted by molar-refractivity contribution is 5.48. The van der Waals surface area contributed by atoms with Gasteiger partial charge in [-0.05, 0) is 51.1 Å². The van der Waals surface area contributed by atoms with E-state index in [-0.39, 0.29) is 0 Å². The van der Waals surface area contributed by atoms with Gasteiger partial charge >= 0.3 is 0 Å². The molecule has 1 aliphatic heterocycles. The van der Waals surface area contributed by atoms with Crippen LogP contribution in [0.1, 0.15) is 44.2 Å². The predicted molar refractivity (Wildman–Crippen MR) is 79.2 cm³/mol. The van der Waals surface area contributed by atoms with Gasteiger partial charge in [0.2, 0.25) is 0 Å². The SMILES string of the molecule is CCCC(c1ccc(N2CCCC2)cc1)N(C)C. The molecule has 1 unspecified atom stereocenters. The van der Waals surface area contributed by atoms with Crippen LogP contribution in [0.5, 0.6) is 0 Å². The summed E-state index contributed by atoms with van der Waals surface area (Å²) in [7, 11) is 4.35. The van der Waals surface area contributed by atoms with Crippen LogP contribution < -0.4 is 4.90 Å². The Morgan fingerprint density at radius 1 is 1.11 bits per heavy atom. The molecule has 1 saturated heterocycles. The highest BCUT2D eigenvalue weighted by atomic mass is 15.1. The molecule has 1 heterocycles. The van der Waals surface area contributed by atoms with Crippen molar-refractivity contribution in [1.29, 1.82) is 0 Å². The average Bonchev–Trinajstić information content (AvgIpc) is 2.90. The van der Waals surface area contributed by atoms with E-state index in [9.17, 15) is 0 Å². The number of hydrogen-bond acceptors (Lipinski definition) is 2. The van der Waals surface area contributed by atoms with E-state index in [1.54, 1.807) is 0 Å². The lowest BCUT2D eigenvalue weighted by atomic mass is 10.0. The normalized spacial score (nSPS) is 17.4. The molecule has 0 aliphatic carbocycles. The first-order chi connectivity index (χ1) is 8.72. The molecule has 1 atom stereocenters. The monoisotopic (exact) mass is 246 g/mol. The first-order valence-electron chi connectivity index (χ1n) is 7.23. The molecule has 0 N–H and O–H groups in total. The van der Waals surface area contributed by atoms with Crippen LogP contribution in [0.2, 0.25) is 0 Å². The molecular formula is C16H26N2. The maximum Gasteiger partial charge on any atom is 0.0366 e. The Balaban J connectivity index is 2.09. The third kappa shape index (κ3) is 3.05. The molecular weight excluding hydrogens is 220 g/mol. The third-order valence-electron chi connectivity index (χ3n) is 3.93. The van der Waals surface area contributed by atoms with Crippen molar-refractivity contribution in [1.82, 2.24) is 4.90 Å². The van der Waals surface area contributed by atoms with Crippen molar-refractivity contribution in [3.05, 3.63) is 29.8 Å². The zero-order valence-electron chi connectivity index (χ0n) is 12.0. The van der Waals surface area contributed by atoms with Gasteiger partial charge in [0.05, 0.1) is 0 Å².